The molecule has 0 aromatic rings. The van der Waals surface area contributed by atoms with Crippen molar-refractivity contribution in [2.24, 2.45) is 5.14 Å². The first-order valence-electron chi connectivity index (χ1n) is 6.67. The summed E-state index contributed by atoms with van der Waals surface area (Å²) >= 11 is 0. The largest absolute Gasteiger partial charge is 0.465 e. The first-order valence-corrected chi connectivity index (χ1v) is 8.22. The van der Waals surface area contributed by atoms with Crippen LogP contribution in [-0.4, -0.2) is 42.4 Å². The van der Waals surface area contributed by atoms with Crippen LogP contribution in [0.15, 0.2) is 0 Å². The first kappa shape index (κ1) is 19.7. The van der Waals surface area contributed by atoms with Gasteiger partial charge in [-0.2, -0.15) is 0 Å². The van der Waals surface area contributed by atoms with Gasteiger partial charge in [0, 0.05) is 12.1 Å². The summed E-state index contributed by atoms with van der Waals surface area (Å²) in [5.41, 5.74) is -0.328. The lowest BCUT2D eigenvalue weighted by atomic mass is 10.1. The minimum Gasteiger partial charge on any atom is -0.465 e. The van der Waals surface area contributed by atoms with Crippen molar-refractivity contribution in [2.75, 3.05) is 6.54 Å². The molecule has 0 aromatic heterocycles. The molecule has 0 bridgehead atoms. The Kier molecular flexibility index (Phi) is 6.62. The summed E-state index contributed by atoms with van der Waals surface area (Å²) in [6.45, 7) is 7.77. The van der Waals surface area contributed by atoms with Gasteiger partial charge in [0.25, 0.3) is 0 Å². The second-order valence-electron chi connectivity index (χ2n) is 5.98. The summed E-state index contributed by atoms with van der Waals surface area (Å²) in [6, 6.07) is 0. The summed E-state index contributed by atoms with van der Waals surface area (Å²) in [5, 5.41) is 17.9. The molecule has 0 spiro atoms. The van der Waals surface area contributed by atoms with Crippen LogP contribution in [0.2, 0.25) is 0 Å². The number of nitrogens with one attached hydrogen (secondary N) is 2. The van der Waals surface area contributed by atoms with Crippen molar-refractivity contribution in [3.8, 4) is 0 Å². The molecule has 0 aromatic carbocycles. The molecule has 0 unspecified atom stereocenters. The lowest BCUT2D eigenvalue weighted by Crippen LogP contribution is -2.45. The molecule has 8 nitrogen and oxygen atoms in total. The van der Waals surface area contributed by atoms with Crippen molar-refractivity contribution < 1.29 is 23.1 Å². The van der Waals surface area contributed by atoms with Crippen LogP contribution in [0.3, 0.4) is 0 Å². The Bertz CT molecular complexity index is 478. The maximum Gasteiger partial charge on any atom is 0.405 e. The number of carboxylic acid groups (broad SMARTS) is 1. The van der Waals surface area contributed by atoms with E-state index >= 15 is 0 Å². The Hall–Kier alpha value is -1.35. The highest BCUT2D eigenvalue weighted by molar-refractivity contribution is 7.91. The zero-order chi connectivity index (χ0) is 16.9. The zero-order valence-corrected chi connectivity index (χ0v) is 13.7. The summed E-state index contributed by atoms with van der Waals surface area (Å²) in [4.78, 5) is 21.3. The molecule has 1 rings (SSSR count). The molecule has 1 fully saturated rings. The number of carbonyl (C=O) groups is 2. The Labute approximate surface area is 125 Å². The molecule has 5 N–H and O–H groups in total. The molecular formula is C12H25N3O5S. The Morgan fingerprint density at radius 1 is 1.29 bits per heavy atom. The van der Waals surface area contributed by atoms with E-state index in [1.165, 1.54) is 0 Å². The van der Waals surface area contributed by atoms with E-state index in [0.29, 0.717) is 19.4 Å². The average molecular weight is 323 g/mol. The maximum absolute atomic E-state index is 11.4. The van der Waals surface area contributed by atoms with Crippen molar-refractivity contribution in [1.82, 2.24) is 10.6 Å². The van der Waals surface area contributed by atoms with E-state index in [1.807, 2.05) is 6.92 Å². The smallest absolute Gasteiger partial charge is 0.405 e. The number of primary sulfonamides is 1. The molecule has 0 aliphatic heterocycles. The molecule has 0 radical (unpaired) electrons. The van der Waals surface area contributed by atoms with E-state index in [4.69, 9.17) is 10.2 Å². The van der Waals surface area contributed by atoms with Crippen LogP contribution >= 0.6 is 0 Å². The summed E-state index contributed by atoms with van der Waals surface area (Å²) in [7, 11) is -3.73. The van der Waals surface area contributed by atoms with E-state index < -0.39 is 26.8 Å². The fraction of sp³-hybridized carbons (Fsp3) is 0.833. The van der Waals surface area contributed by atoms with Crippen molar-refractivity contribution >= 4 is 22.0 Å². The fourth-order valence-corrected chi connectivity index (χ4v) is 2.48. The van der Waals surface area contributed by atoms with Gasteiger partial charge in [-0.1, -0.05) is 6.92 Å². The lowest BCUT2D eigenvalue weighted by molar-refractivity contribution is -0.121. The van der Waals surface area contributed by atoms with Crippen molar-refractivity contribution in [3.05, 3.63) is 0 Å². The zero-order valence-electron chi connectivity index (χ0n) is 12.9. The predicted molar refractivity (Wildman–Crippen MR) is 79.3 cm³/mol. The highest BCUT2D eigenvalue weighted by atomic mass is 32.2. The van der Waals surface area contributed by atoms with E-state index in [1.54, 1.807) is 20.8 Å². The number of hydrogen-bond donors (Lipinski definition) is 4. The van der Waals surface area contributed by atoms with E-state index in [0.717, 1.165) is 6.42 Å². The summed E-state index contributed by atoms with van der Waals surface area (Å²) in [5.74, 6) is -0.447. The van der Waals surface area contributed by atoms with Gasteiger partial charge >= 0.3 is 6.09 Å². The third-order valence-corrected chi connectivity index (χ3v) is 4.36. The molecular weight excluding hydrogens is 298 g/mol. The van der Waals surface area contributed by atoms with Crippen LogP contribution in [-0.2, 0) is 14.8 Å². The molecule has 9 heteroatoms. The monoisotopic (exact) mass is 323 g/mol. The van der Waals surface area contributed by atoms with Crippen LogP contribution < -0.4 is 15.8 Å². The molecule has 0 heterocycles. The van der Waals surface area contributed by atoms with Crippen molar-refractivity contribution in [1.29, 1.82) is 0 Å². The Morgan fingerprint density at radius 2 is 1.76 bits per heavy atom. The predicted octanol–water partition coefficient (Wildman–Crippen LogP) is 0.386. The van der Waals surface area contributed by atoms with Gasteiger partial charge in [-0.15, -0.1) is 0 Å². The third-order valence-electron chi connectivity index (χ3n) is 2.68. The van der Waals surface area contributed by atoms with E-state index in [2.05, 4.69) is 10.6 Å². The van der Waals surface area contributed by atoms with Crippen LogP contribution in [0.1, 0.15) is 47.0 Å². The topological polar surface area (TPSA) is 139 Å². The van der Waals surface area contributed by atoms with Gasteiger partial charge in [0.1, 0.15) is 0 Å². The van der Waals surface area contributed by atoms with Crippen LogP contribution in [0, 0.1) is 0 Å². The molecule has 0 atom stereocenters. The van der Waals surface area contributed by atoms with Crippen LogP contribution in [0.5, 0.6) is 0 Å². The minimum absolute atomic E-state index is 0.328. The average Bonchev–Trinajstić information content (AvgIpc) is 3.02. The molecule has 1 aliphatic carbocycles. The number of nitrogens with two attached hydrogens (primary N) is 1. The number of sulfonamides is 1. The Morgan fingerprint density at radius 3 is 1.95 bits per heavy atom. The molecule has 0 saturated heterocycles. The van der Waals surface area contributed by atoms with Gasteiger partial charge in [0.15, 0.2) is 4.75 Å². The van der Waals surface area contributed by atoms with Crippen molar-refractivity contribution in [3.63, 3.8) is 0 Å². The second kappa shape index (κ2) is 7.08. The standard InChI is InChI=1S/C7H14N2O3S.C5H11NO2/c1-2-5-9-6(10)7(3-4-7)13(8,11)12;1-5(2,3)6-4(7)8/h2-5H2,1H3,(H,9,10)(H2,8,11,12);6H,1-3H3,(H,7,8). The van der Waals surface area contributed by atoms with Gasteiger partial charge in [-0.05, 0) is 40.0 Å². The number of rotatable bonds is 4. The van der Waals surface area contributed by atoms with Crippen LogP contribution in [0.25, 0.3) is 0 Å². The van der Waals surface area contributed by atoms with Crippen LogP contribution in [0.4, 0.5) is 4.79 Å². The van der Waals surface area contributed by atoms with Gasteiger partial charge in [-0.25, -0.2) is 18.4 Å². The summed E-state index contributed by atoms with van der Waals surface area (Å²) < 4.78 is 20.8. The molecule has 21 heavy (non-hydrogen) atoms. The van der Waals surface area contributed by atoms with Gasteiger partial charge in [0.2, 0.25) is 15.9 Å². The quantitative estimate of drug-likeness (QED) is 0.592. The summed E-state index contributed by atoms with van der Waals surface area (Å²) in [6.07, 6.45) is 0.507. The highest BCUT2D eigenvalue weighted by Gasteiger charge is 2.59. The van der Waals surface area contributed by atoms with E-state index in [9.17, 15) is 18.0 Å². The number of carbonyl (C=O) groups excluding carboxylic acids is 1. The van der Waals surface area contributed by atoms with E-state index in [-0.39, 0.29) is 5.54 Å². The highest BCUT2D eigenvalue weighted by Crippen LogP contribution is 2.42. The minimum atomic E-state index is -3.73. The van der Waals surface area contributed by atoms with Gasteiger partial charge in [-0.3, -0.25) is 4.79 Å². The lowest BCUT2D eigenvalue weighted by Gasteiger charge is -2.16. The first-order chi connectivity index (χ1) is 9.35. The third kappa shape index (κ3) is 6.76. The molecule has 1 aliphatic rings. The van der Waals surface area contributed by atoms with Crippen molar-refractivity contribution in [2.45, 2.75) is 57.2 Å². The maximum atomic E-state index is 11.4. The normalized spacial score (nSPS) is 16.2. The van der Waals surface area contributed by atoms with Gasteiger partial charge < -0.3 is 15.7 Å². The SMILES string of the molecule is CC(C)(C)NC(=O)O.CCCNC(=O)C1(S(N)(=O)=O)CC1. The molecule has 1 saturated carbocycles. The van der Waals surface area contributed by atoms with Gasteiger partial charge in [0.05, 0.1) is 0 Å². The molecule has 2 amide bonds. The molecule has 124 valence electrons. The number of amides is 2. The fourth-order valence-electron chi connectivity index (χ4n) is 1.47. The number of hydrogen-bond acceptors (Lipinski definition) is 4. The second-order valence-corrected chi connectivity index (χ2v) is 7.85. The Balaban J connectivity index is 0.000000433.